The topological polar surface area (TPSA) is 55.3 Å². The van der Waals surface area contributed by atoms with Gasteiger partial charge < -0.3 is 9.67 Å². The summed E-state index contributed by atoms with van der Waals surface area (Å²) in [6.07, 6.45) is 4.76. The van der Waals surface area contributed by atoms with Crippen LogP contribution < -0.4 is 0 Å². The zero-order valence-electron chi connectivity index (χ0n) is 18.4. The van der Waals surface area contributed by atoms with Crippen molar-refractivity contribution in [3.8, 4) is 22.5 Å². The van der Waals surface area contributed by atoms with E-state index < -0.39 is 6.10 Å². The molecule has 1 atom stereocenters. The number of aliphatic hydroxyl groups is 1. The molecular formula is C28H21ClN4O. The second kappa shape index (κ2) is 8.13. The van der Waals surface area contributed by atoms with Crippen LogP contribution in [0.5, 0.6) is 0 Å². The molecule has 0 aliphatic heterocycles. The van der Waals surface area contributed by atoms with Crippen molar-refractivity contribution >= 4 is 28.2 Å². The normalized spacial score (nSPS) is 12.4. The SMILES string of the molecule is Cn1cncc1-c1cnc2cc(-c3ccccc3)c3cc(C(O)c4ccc(Cl)cc4)ccc3n12. The molecule has 6 aromatic rings. The molecule has 0 spiro atoms. The Kier molecular flexibility index (Phi) is 4.94. The Morgan fingerprint density at radius 2 is 1.62 bits per heavy atom. The molecule has 3 heterocycles. The van der Waals surface area contributed by atoms with Crippen LogP contribution in [0.4, 0.5) is 0 Å². The average Bonchev–Trinajstić information content (AvgIpc) is 3.49. The lowest BCUT2D eigenvalue weighted by molar-refractivity contribution is 0.220. The number of fused-ring (bicyclic) bond motifs is 3. The zero-order valence-corrected chi connectivity index (χ0v) is 19.2. The molecule has 34 heavy (non-hydrogen) atoms. The van der Waals surface area contributed by atoms with Gasteiger partial charge in [0.1, 0.15) is 11.8 Å². The lowest BCUT2D eigenvalue weighted by atomic mass is 9.95. The number of aromatic nitrogens is 4. The molecule has 0 radical (unpaired) electrons. The van der Waals surface area contributed by atoms with Gasteiger partial charge in [-0.3, -0.25) is 4.40 Å². The number of halogens is 1. The predicted molar refractivity (Wildman–Crippen MR) is 136 cm³/mol. The Morgan fingerprint density at radius 1 is 0.853 bits per heavy atom. The number of aryl methyl sites for hydroxylation is 1. The third-order valence-corrected chi connectivity index (χ3v) is 6.53. The third kappa shape index (κ3) is 3.37. The van der Waals surface area contributed by atoms with E-state index in [0.717, 1.165) is 50.2 Å². The van der Waals surface area contributed by atoms with Gasteiger partial charge in [-0.05, 0) is 52.6 Å². The van der Waals surface area contributed by atoms with Gasteiger partial charge in [-0.2, -0.15) is 0 Å². The summed E-state index contributed by atoms with van der Waals surface area (Å²) in [6, 6.07) is 25.8. The zero-order chi connectivity index (χ0) is 23.2. The van der Waals surface area contributed by atoms with E-state index in [1.165, 1.54) is 0 Å². The minimum atomic E-state index is -0.764. The largest absolute Gasteiger partial charge is 0.384 e. The summed E-state index contributed by atoms with van der Waals surface area (Å²) in [4.78, 5) is 9.01. The molecule has 3 aromatic heterocycles. The van der Waals surface area contributed by atoms with Crippen LogP contribution in [0.1, 0.15) is 17.2 Å². The fourth-order valence-electron chi connectivity index (χ4n) is 4.54. The van der Waals surface area contributed by atoms with Gasteiger partial charge in [0.25, 0.3) is 0 Å². The van der Waals surface area contributed by atoms with Crippen molar-refractivity contribution in [2.75, 3.05) is 0 Å². The number of hydrogen-bond donors (Lipinski definition) is 1. The fourth-order valence-corrected chi connectivity index (χ4v) is 4.67. The number of imidazole rings is 2. The van der Waals surface area contributed by atoms with Crippen LogP contribution in [0, 0.1) is 0 Å². The lowest BCUT2D eigenvalue weighted by Gasteiger charge is -2.16. The summed E-state index contributed by atoms with van der Waals surface area (Å²) in [5, 5.41) is 12.8. The van der Waals surface area contributed by atoms with E-state index in [2.05, 4.69) is 39.7 Å². The molecule has 0 fully saturated rings. The molecule has 0 aliphatic rings. The van der Waals surface area contributed by atoms with Crippen molar-refractivity contribution in [3.63, 3.8) is 0 Å². The van der Waals surface area contributed by atoms with E-state index in [1.54, 1.807) is 18.5 Å². The Morgan fingerprint density at radius 3 is 2.35 bits per heavy atom. The first kappa shape index (κ1) is 20.7. The summed E-state index contributed by atoms with van der Waals surface area (Å²) in [5.74, 6) is 0. The summed E-state index contributed by atoms with van der Waals surface area (Å²) >= 11 is 6.05. The molecule has 0 amide bonds. The second-order valence-electron chi connectivity index (χ2n) is 8.38. The molecule has 1 N–H and O–H groups in total. The molecule has 5 nitrogen and oxygen atoms in total. The minimum absolute atomic E-state index is 0.644. The van der Waals surface area contributed by atoms with Gasteiger partial charge in [-0.1, -0.05) is 60.1 Å². The van der Waals surface area contributed by atoms with Crippen molar-refractivity contribution in [3.05, 3.63) is 114 Å². The van der Waals surface area contributed by atoms with Gasteiger partial charge in [0.2, 0.25) is 0 Å². The minimum Gasteiger partial charge on any atom is -0.384 e. The Labute approximate surface area is 201 Å². The first-order chi connectivity index (χ1) is 16.6. The van der Waals surface area contributed by atoms with Gasteiger partial charge in [0, 0.05) is 17.5 Å². The van der Waals surface area contributed by atoms with E-state index in [9.17, 15) is 5.11 Å². The Hall–Kier alpha value is -3.93. The number of rotatable bonds is 4. The fraction of sp³-hybridized carbons (Fsp3) is 0.0714. The van der Waals surface area contributed by atoms with Gasteiger partial charge in [0.05, 0.1) is 35.6 Å². The second-order valence-corrected chi connectivity index (χ2v) is 8.82. The molecule has 3 aromatic carbocycles. The highest BCUT2D eigenvalue weighted by atomic mass is 35.5. The van der Waals surface area contributed by atoms with Crippen LogP contribution in [0.2, 0.25) is 5.02 Å². The standard InChI is InChI=1S/C28H21ClN4O/c1-32-17-30-15-25(32)26-16-31-27-14-22(18-5-3-2-4-6-18)23-13-20(9-12-24(23)33(26)27)28(34)19-7-10-21(29)11-8-19/h2-17,28,34H,1H3. The maximum atomic E-state index is 11.1. The smallest absolute Gasteiger partial charge is 0.138 e. The molecule has 1 unspecified atom stereocenters. The molecule has 0 aliphatic carbocycles. The van der Waals surface area contributed by atoms with Crippen LogP contribution in [0.15, 0.2) is 97.6 Å². The van der Waals surface area contributed by atoms with Crippen molar-refractivity contribution in [1.29, 1.82) is 0 Å². The van der Waals surface area contributed by atoms with Crippen LogP contribution in [-0.2, 0) is 7.05 Å². The van der Waals surface area contributed by atoms with E-state index in [4.69, 9.17) is 16.6 Å². The molecule has 0 bridgehead atoms. The van der Waals surface area contributed by atoms with Gasteiger partial charge in [-0.25, -0.2) is 9.97 Å². The summed E-state index contributed by atoms with van der Waals surface area (Å²) < 4.78 is 4.14. The van der Waals surface area contributed by atoms with Crippen LogP contribution in [-0.4, -0.2) is 24.0 Å². The average molecular weight is 465 g/mol. The number of aliphatic hydroxyl groups excluding tert-OH is 1. The number of benzene rings is 3. The Bertz CT molecular complexity index is 1630. The monoisotopic (exact) mass is 464 g/mol. The maximum Gasteiger partial charge on any atom is 0.138 e. The molecule has 6 heteroatoms. The predicted octanol–water partition coefficient (Wildman–Crippen LogP) is 6.29. The lowest BCUT2D eigenvalue weighted by Crippen LogP contribution is -2.01. The van der Waals surface area contributed by atoms with Gasteiger partial charge in [-0.15, -0.1) is 0 Å². The van der Waals surface area contributed by atoms with Crippen molar-refractivity contribution in [2.24, 2.45) is 7.05 Å². The van der Waals surface area contributed by atoms with Crippen molar-refractivity contribution < 1.29 is 5.11 Å². The summed E-state index contributed by atoms with van der Waals surface area (Å²) in [5.41, 5.74) is 7.58. The molecule has 0 saturated heterocycles. The highest BCUT2D eigenvalue weighted by Crippen LogP contribution is 2.35. The van der Waals surface area contributed by atoms with E-state index in [-0.39, 0.29) is 0 Å². The molecule has 166 valence electrons. The summed E-state index contributed by atoms with van der Waals surface area (Å²) in [7, 11) is 1.98. The van der Waals surface area contributed by atoms with Crippen LogP contribution in [0.25, 0.3) is 39.1 Å². The number of pyridine rings is 1. The van der Waals surface area contributed by atoms with Gasteiger partial charge >= 0.3 is 0 Å². The quantitative estimate of drug-likeness (QED) is 0.333. The Balaban J connectivity index is 1.63. The molecular weight excluding hydrogens is 444 g/mol. The maximum absolute atomic E-state index is 11.1. The van der Waals surface area contributed by atoms with E-state index >= 15 is 0 Å². The first-order valence-corrected chi connectivity index (χ1v) is 11.4. The summed E-state index contributed by atoms with van der Waals surface area (Å²) in [6.45, 7) is 0. The molecule has 6 rings (SSSR count). The third-order valence-electron chi connectivity index (χ3n) is 6.28. The van der Waals surface area contributed by atoms with E-state index in [0.29, 0.717) is 5.02 Å². The number of nitrogens with zero attached hydrogens (tertiary/aromatic N) is 4. The van der Waals surface area contributed by atoms with Crippen LogP contribution >= 0.6 is 11.6 Å². The van der Waals surface area contributed by atoms with E-state index in [1.807, 2.05) is 60.4 Å². The number of hydrogen-bond acceptors (Lipinski definition) is 3. The highest BCUT2D eigenvalue weighted by molar-refractivity contribution is 6.30. The van der Waals surface area contributed by atoms with Crippen LogP contribution in [0.3, 0.4) is 0 Å². The van der Waals surface area contributed by atoms with Crippen molar-refractivity contribution in [2.45, 2.75) is 6.10 Å². The first-order valence-electron chi connectivity index (χ1n) is 11.0. The highest BCUT2D eigenvalue weighted by Gasteiger charge is 2.18. The van der Waals surface area contributed by atoms with Crippen molar-refractivity contribution in [1.82, 2.24) is 18.9 Å². The van der Waals surface area contributed by atoms with Gasteiger partial charge in [0.15, 0.2) is 0 Å². The molecule has 0 saturated carbocycles.